The van der Waals surface area contributed by atoms with Crippen molar-refractivity contribution in [2.75, 3.05) is 30.5 Å². The van der Waals surface area contributed by atoms with Gasteiger partial charge in [0.15, 0.2) is 18.1 Å². The molecule has 0 radical (unpaired) electrons. The number of rotatable bonds is 13. The largest absolute Gasteiger partial charge is 0.494 e. The molecule has 3 aromatic carbocycles. The Bertz CT molecular complexity index is 1380. The SMILES string of the molecule is CCCCOc1ccc(NC(=O)C(=O)N/N=C\c2ccc(OCC(=O)Nc3ccc(Cl)cc3Cl)c(OCC)c2)cc1. The molecule has 0 atom stereocenters. The van der Waals surface area contributed by atoms with Crippen LogP contribution in [0.15, 0.2) is 65.8 Å². The maximum atomic E-state index is 12.3. The molecule has 12 heteroatoms. The molecule has 0 unspecified atom stereocenters. The Labute approximate surface area is 248 Å². The van der Waals surface area contributed by atoms with Gasteiger partial charge in [0.05, 0.1) is 30.1 Å². The zero-order valence-corrected chi connectivity index (χ0v) is 24.1. The van der Waals surface area contributed by atoms with E-state index in [0.717, 1.165) is 12.8 Å². The fourth-order valence-electron chi connectivity index (χ4n) is 3.29. The van der Waals surface area contributed by atoms with Gasteiger partial charge in [0.1, 0.15) is 5.75 Å². The summed E-state index contributed by atoms with van der Waals surface area (Å²) < 4.78 is 16.8. The summed E-state index contributed by atoms with van der Waals surface area (Å²) in [6, 6.07) is 16.3. The van der Waals surface area contributed by atoms with Gasteiger partial charge in [-0.1, -0.05) is 36.5 Å². The van der Waals surface area contributed by atoms with Gasteiger partial charge < -0.3 is 24.8 Å². The van der Waals surface area contributed by atoms with Crippen LogP contribution in [0.25, 0.3) is 0 Å². The minimum Gasteiger partial charge on any atom is -0.494 e. The predicted octanol–water partition coefficient (Wildman–Crippen LogP) is 5.68. The van der Waals surface area contributed by atoms with Crippen LogP contribution in [0.5, 0.6) is 17.2 Å². The lowest BCUT2D eigenvalue weighted by molar-refractivity contribution is -0.136. The molecule has 41 heavy (non-hydrogen) atoms. The van der Waals surface area contributed by atoms with Crippen LogP contribution in [-0.4, -0.2) is 43.8 Å². The molecule has 3 rings (SSSR count). The van der Waals surface area contributed by atoms with Crippen LogP contribution in [0.4, 0.5) is 11.4 Å². The smallest absolute Gasteiger partial charge is 0.329 e. The average Bonchev–Trinajstić information content (AvgIpc) is 2.95. The molecule has 10 nitrogen and oxygen atoms in total. The average molecular weight is 601 g/mol. The van der Waals surface area contributed by atoms with E-state index in [4.69, 9.17) is 37.4 Å². The third-order valence-electron chi connectivity index (χ3n) is 5.30. The van der Waals surface area contributed by atoms with Gasteiger partial charge >= 0.3 is 11.8 Å². The maximum absolute atomic E-state index is 12.3. The molecule has 0 fully saturated rings. The lowest BCUT2D eigenvalue weighted by Crippen LogP contribution is -2.32. The standard InChI is InChI=1S/C29H30Cl2N4O6/c1-3-5-14-40-22-10-8-21(9-11-22)33-28(37)29(38)35-32-17-19-6-13-25(26(15-19)39-4-2)41-18-27(36)34-24-12-7-20(30)16-23(24)31/h6-13,15-17H,3-5,14,18H2,1-2H3,(H,33,37)(H,34,36)(H,35,38)/b32-17-. The topological polar surface area (TPSA) is 127 Å². The highest BCUT2D eigenvalue weighted by molar-refractivity contribution is 6.39. The van der Waals surface area contributed by atoms with Crippen molar-refractivity contribution in [1.82, 2.24) is 5.43 Å². The van der Waals surface area contributed by atoms with Crippen molar-refractivity contribution in [3.05, 3.63) is 76.3 Å². The Balaban J connectivity index is 1.51. The van der Waals surface area contributed by atoms with Crippen LogP contribution in [0, 0.1) is 0 Å². The first-order chi connectivity index (χ1) is 19.8. The van der Waals surface area contributed by atoms with Crippen molar-refractivity contribution in [1.29, 1.82) is 0 Å². The number of ether oxygens (including phenoxy) is 3. The molecule has 3 amide bonds. The van der Waals surface area contributed by atoms with E-state index in [0.29, 0.717) is 57.4 Å². The number of carbonyl (C=O) groups is 3. The second-order valence-electron chi connectivity index (χ2n) is 8.48. The summed E-state index contributed by atoms with van der Waals surface area (Å²) in [5.41, 5.74) is 3.59. The molecular weight excluding hydrogens is 571 g/mol. The summed E-state index contributed by atoms with van der Waals surface area (Å²) in [5, 5.41) is 9.74. The molecule has 0 aliphatic heterocycles. The predicted molar refractivity (Wildman–Crippen MR) is 159 cm³/mol. The number of amides is 3. The number of halogens is 2. The summed E-state index contributed by atoms with van der Waals surface area (Å²) >= 11 is 12.0. The molecule has 0 aromatic heterocycles. The van der Waals surface area contributed by atoms with Gasteiger partial charge in [-0.05, 0) is 79.6 Å². The molecule has 0 saturated heterocycles. The Kier molecular flexibility index (Phi) is 12.3. The van der Waals surface area contributed by atoms with Gasteiger partial charge in [-0.25, -0.2) is 5.43 Å². The first-order valence-electron chi connectivity index (χ1n) is 12.8. The second kappa shape index (κ2) is 16.1. The molecule has 0 bridgehead atoms. The molecule has 0 spiro atoms. The monoisotopic (exact) mass is 600 g/mol. The van der Waals surface area contributed by atoms with E-state index >= 15 is 0 Å². The minimum absolute atomic E-state index is 0.299. The van der Waals surface area contributed by atoms with Crippen molar-refractivity contribution >= 4 is 58.5 Å². The Morgan fingerprint density at radius 3 is 2.34 bits per heavy atom. The Hall–Kier alpha value is -4.28. The molecule has 0 heterocycles. The number of benzene rings is 3. The minimum atomic E-state index is -0.943. The van der Waals surface area contributed by atoms with Gasteiger partial charge in [0.25, 0.3) is 5.91 Å². The normalized spacial score (nSPS) is 10.6. The third-order valence-corrected chi connectivity index (χ3v) is 5.84. The quantitative estimate of drug-likeness (QED) is 0.100. The summed E-state index contributed by atoms with van der Waals surface area (Å²) in [6.45, 7) is 4.53. The lowest BCUT2D eigenvalue weighted by Gasteiger charge is -2.13. The number of hydrogen-bond donors (Lipinski definition) is 3. The van der Waals surface area contributed by atoms with Crippen molar-refractivity contribution in [2.24, 2.45) is 5.10 Å². The van der Waals surface area contributed by atoms with Gasteiger partial charge in [-0.3, -0.25) is 14.4 Å². The van der Waals surface area contributed by atoms with Gasteiger partial charge in [0, 0.05) is 10.7 Å². The van der Waals surface area contributed by atoms with Crippen LogP contribution >= 0.6 is 23.2 Å². The Morgan fingerprint density at radius 2 is 1.63 bits per heavy atom. The van der Waals surface area contributed by atoms with E-state index in [9.17, 15) is 14.4 Å². The van der Waals surface area contributed by atoms with Gasteiger partial charge in [-0.15, -0.1) is 0 Å². The molecule has 3 N–H and O–H groups in total. The molecule has 216 valence electrons. The Morgan fingerprint density at radius 1 is 0.854 bits per heavy atom. The fourth-order valence-corrected chi connectivity index (χ4v) is 3.74. The van der Waals surface area contributed by atoms with E-state index in [1.54, 1.807) is 61.5 Å². The number of hydrogen-bond acceptors (Lipinski definition) is 7. The summed E-state index contributed by atoms with van der Waals surface area (Å²) in [4.78, 5) is 36.7. The van der Waals surface area contributed by atoms with Crippen molar-refractivity contribution in [2.45, 2.75) is 26.7 Å². The number of hydrazone groups is 1. The molecular formula is C29H30Cl2N4O6. The van der Waals surface area contributed by atoms with E-state index in [1.807, 2.05) is 0 Å². The van der Waals surface area contributed by atoms with Crippen LogP contribution < -0.4 is 30.3 Å². The number of nitrogens with zero attached hydrogens (tertiary/aromatic N) is 1. The number of anilines is 2. The number of carbonyl (C=O) groups excluding carboxylic acids is 3. The van der Waals surface area contributed by atoms with Crippen LogP contribution in [0.1, 0.15) is 32.3 Å². The highest BCUT2D eigenvalue weighted by Gasteiger charge is 2.14. The van der Waals surface area contributed by atoms with E-state index in [1.165, 1.54) is 12.3 Å². The number of unbranched alkanes of at least 4 members (excludes halogenated alkanes) is 1. The van der Waals surface area contributed by atoms with E-state index < -0.39 is 17.7 Å². The van der Waals surface area contributed by atoms with Crippen molar-refractivity contribution in [3.63, 3.8) is 0 Å². The second-order valence-corrected chi connectivity index (χ2v) is 9.32. The molecule has 0 aliphatic rings. The van der Waals surface area contributed by atoms with Gasteiger partial charge in [0.2, 0.25) is 0 Å². The maximum Gasteiger partial charge on any atom is 0.329 e. The molecule has 0 aliphatic carbocycles. The zero-order valence-electron chi connectivity index (χ0n) is 22.5. The van der Waals surface area contributed by atoms with Crippen molar-refractivity contribution < 1.29 is 28.6 Å². The highest BCUT2D eigenvalue weighted by atomic mass is 35.5. The highest BCUT2D eigenvalue weighted by Crippen LogP contribution is 2.29. The lowest BCUT2D eigenvalue weighted by atomic mass is 10.2. The molecule has 0 saturated carbocycles. The fraction of sp³-hybridized carbons (Fsp3) is 0.241. The first-order valence-corrected chi connectivity index (χ1v) is 13.6. The van der Waals surface area contributed by atoms with Crippen LogP contribution in [-0.2, 0) is 14.4 Å². The third kappa shape index (κ3) is 10.3. The zero-order chi connectivity index (χ0) is 29.6. The van der Waals surface area contributed by atoms with E-state index in [-0.39, 0.29) is 6.61 Å². The van der Waals surface area contributed by atoms with E-state index in [2.05, 4.69) is 28.1 Å². The van der Waals surface area contributed by atoms with Gasteiger partial charge in [-0.2, -0.15) is 5.10 Å². The van der Waals surface area contributed by atoms with Crippen molar-refractivity contribution in [3.8, 4) is 17.2 Å². The summed E-state index contributed by atoms with van der Waals surface area (Å²) in [5.74, 6) is -0.884. The summed E-state index contributed by atoms with van der Waals surface area (Å²) in [7, 11) is 0. The van der Waals surface area contributed by atoms with Crippen LogP contribution in [0.3, 0.4) is 0 Å². The molecule has 3 aromatic rings. The first kappa shape index (κ1) is 31.3. The van der Waals surface area contributed by atoms with Crippen LogP contribution in [0.2, 0.25) is 10.0 Å². The number of nitrogens with one attached hydrogen (secondary N) is 3. The summed E-state index contributed by atoms with van der Waals surface area (Å²) in [6.07, 6.45) is 3.32.